The summed E-state index contributed by atoms with van der Waals surface area (Å²) in [5.74, 6) is 2.15. The molecule has 3 aromatic carbocycles. The lowest BCUT2D eigenvalue weighted by molar-refractivity contribution is 0.170. The molecule has 1 aromatic heterocycles. The molecule has 10 heteroatoms. The number of benzene rings is 3. The topological polar surface area (TPSA) is 83.0 Å². The van der Waals surface area contributed by atoms with Gasteiger partial charge in [0, 0.05) is 41.5 Å². The number of halogens is 2. The highest BCUT2D eigenvalue weighted by molar-refractivity contribution is 6.06. The molecule has 0 radical (unpaired) electrons. The Morgan fingerprint density at radius 1 is 1.09 bits per heavy atom. The molecule has 5 heterocycles. The normalized spacial score (nSPS) is 24.5. The van der Waals surface area contributed by atoms with E-state index in [0.29, 0.717) is 47.0 Å². The third kappa shape index (κ3) is 4.47. The van der Waals surface area contributed by atoms with Crippen LogP contribution < -0.4 is 19.7 Å². The minimum absolute atomic E-state index is 0.00172. The number of piperazine rings is 1. The SMILES string of the molecule is C#Cc1c(F)ccc2cc(O)cc(-c3cc4c5c(nc(OCC6(CN7CCCC7)CC6)nc5c3F)N3C[C@H]5CC[C@H](N5)[C@H]3CO4)c12. The van der Waals surface area contributed by atoms with Crippen molar-refractivity contribution in [1.29, 1.82) is 0 Å². The summed E-state index contributed by atoms with van der Waals surface area (Å²) < 4.78 is 44.9. The summed E-state index contributed by atoms with van der Waals surface area (Å²) in [7, 11) is 0. The molecule has 8 nitrogen and oxygen atoms in total. The number of rotatable bonds is 6. The van der Waals surface area contributed by atoms with E-state index in [4.69, 9.17) is 25.9 Å². The molecule has 1 saturated carbocycles. The zero-order chi connectivity index (χ0) is 31.2. The van der Waals surface area contributed by atoms with Gasteiger partial charge in [-0.3, -0.25) is 0 Å². The summed E-state index contributed by atoms with van der Waals surface area (Å²) in [5, 5.41) is 15.7. The molecule has 0 amide bonds. The number of phenols is 1. The highest BCUT2D eigenvalue weighted by atomic mass is 19.1. The summed E-state index contributed by atoms with van der Waals surface area (Å²) in [6.07, 6.45) is 12.5. The quantitative estimate of drug-likeness (QED) is 0.278. The number of hydrogen-bond acceptors (Lipinski definition) is 8. The molecule has 236 valence electrons. The number of aromatic hydroxyl groups is 1. The van der Waals surface area contributed by atoms with Crippen molar-refractivity contribution < 1.29 is 23.4 Å². The van der Waals surface area contributed by atoms with Crippen molar-refractivity contribution in [3.05, 3.63) is 47.5 Å². The Morgan fingerprint density at radius 2 is 1.93 bits per heavy atom. The van der Waals surface area contributed by atoms with Crippen LogP contribution in [0, 0.1) is 29.4 Å². The lowest BCUT2D eigenvalue weighted by atomic mass is 9.92. The van der Waals surface area contributed by atoms with Gasteiger partial charge in [0.1, 0.15) is 35.3 Å². The van der Waals surface area contributed by atoms with Crippen molar-refractivity contribution in [2.45, 2.75) is 56.7 Å². The Morgan fingerprint density at radius 3 is 2.74 bits per heavy atom. The van der Waals surface area contributed by atoms with Crippen molar-refractivity contribution >= 4 is 27.5 Å². The minimum Gasteiger partial charge on any atom is -0.508 e. The Hall–Kier alpha value is -4.20. The molecule has 46 heavy (non-hydrogen) atoms. The highest BCUT2D eigenvalue weighted by Crippen LogP contribution is 2.49. The maximum Gasteiger partial charge on any atom is 0.319 e. The monoisotopic (exact) mass is 623 g/mol. The van der Waals surface area contributed by atoms with Crippen LogP contribution in [0.2, 0.25) is 0 Å². The molecular formula is C36H35F2N5O3. The number of anilines is 1. The highest BCUT2D eigenvalue weighted by Gasteiger charge is 2.46. The summed E-state index contributed by atoms with van der Waals surface area (Å²) in [6, 6.07) is 7.97. The first kappa shape index (κ1) is 28.1. The fourth-order valence-electron chi connectivity index (χ4n) is 8.24. The fraction of sp³-hybridized carbons (Fsp3) is 0.444. The maximum atomic E-state index is 17.1. The summed E-state index contributed by atoms with van der Waals surface area (Å²) in [5.41, 5.74) is 0.498. The number of likely N-dealkylation sites (tertiary alicyclic amines) is 1. The number of aromatic nitrogens is 2. The van der Waals surface area contributed by atoms with Crippen molar-refractivity contribution in [1.82, 2.24) is 20.2 Å². The molecule has 2 bridgehead atoms. The zero-order valence-corrected chi connectivity index (χ0v) is 25.5. The molecule has 0 unspecified atom stereocenters. The van der Waals surface area contributed by atoms with Gasteiger partial charge in [-0.1, -0.05) is 12.0 Å². The number of ether oxygens (including phenoxy) is 2. The number of nitrogens with zero attached hydrogens (tertiary/aromatic N) is 4. The van der Waals surface area contributed by atoms with E-state index in [1.165, 1.54) is 37.1 Å². The molecule has 9 rings (SSSR count). The number of phenolic OH excluding ortho intramolecular Hbond substituents is 1. The molecule has 3 atom stereocenters. The lowest BCUT2D eigenvalue weighted by Gasteiger charge is -2.40. The van der Waals surface area contributed by atoms with Gasteiger partial charge in [-0.05, 0) is 86.8 Å². The first-order valence-electron chi connectivity index (χ1n) is 16.4. The van der Waals surface area contributed by atoms with E-state index < -0.39 is 11.6 Å². The number of fused-ring (bicyclic) bond motifs is 6. The predicted molar refractivity (Wildman–Crippen MR) is 171 cm³/mol. The van der Waals surface area contributed by atoms with Crippen LogP contribution >= 0.6 is 0 Å². The van der Waals surface area contributed by atoms with Gasteiger partial charge in [-0.15, -0.1) is 6.42 Å². The van der Waals surface area contributed by atoms with Gasteiger partial charge in [0.2, 0.25) is 0 Å². The number of terminal acetylenes is 1. The first-order valence-corrected chi connectivity index (χ1v) is 16.4. The van der Waals surface area contributed by atoms with E-state index in [-0.39, 0.29) is 51.5 Å². The first-order chi connectivity index (χ1) is 22.4. The summed E-state index contributed by atoms with van der Waals surface area (Å²) in [6.45, 7) is 4.80. The van der Waals surface area contributed by atoms with Gasteiger partial charge >= 0.3 is 6.01 Å². The molecule has 3 saturated heterocycles. The van der Waals surface area contributed by atoms with E-state index in [1.54, 1.807) is 6.07 Å². The fourth-order valence-corrected chi connectivity index (χ4v) is 8.24. The summed E-state index contributed by atoms with van der Waals surface area (Å²) >= 11 is 0. The van der Waals surface area contributed by atoms with Crippen molar-refractivity contribution in [2.75, 3.05) is 44.3 Å². The van der Waals surface area contributed by atoms with Gasteiger partial charge in [0.25, 0.3) is 0 Å². The standard InChI is InChI=1S/C36H35F2N5O3/c1-2-23-26(37)7-5-20-13-22(44)14-24(30(20)23)25-15-29-31-33(32(25)38)40-35(46-19-36(9-10-36)18-42-11-3-4-12-42)41-34(31)43-16-21-6-8-27(39-21)28(43)17-45-29/h1,5,7,13-15,21,27-28,39,44H,3-4,6,8-12,16-19H2/t21-,27+,28-/m1/s1. The van der Waals surface area contributed by atoms with Crippen LogP contribution in [0.15, 0.2) is 30.3 Å². The van der Waals surface area contributed by atoms with Crippen LogP contribution in [0.5, 0.6) is 17.5 Å². The molecule has 0 spiro atoms. The molecule has 4 fully saturated rings. The average Bonchev–Trinajstić information content (AvgIpc) is 3.47. The Labute approximate surface area is 265 Å². The molecule has 4 aliphatic heterocycles. The third-order valence-electron chi connectivity index (χ3n) is 10.8. The van der Waals surface area contributed by atoms with Gasteiger partial charge < -0.3 is 29.7 Å². The Balaban J connectivity index is 1.21. The van der Waals surface area contributed by atoms with Crippen LogP contribution in [-0.2, 0) is 0 Å². The molecule has 2 N–H and O–H groups in total. The van der Waals surface area contributed by atoms with Crippen molar-refractivity contribution in [3.8, 4) is 41.0 Å². The van der Waals surface area contributed by atoms with Crippen LogP contribution in [-0.4, -0.2) is 77.5 Å². The Kier molecular flexibility index (Phi) is 6.35. The van der Waals surface area contributed by atoms with Crippen LogP contribution in [0.4, 0.5) is 14.6 Å². The van der Waals surface area contributed by atoms with E-state index in [9.17, 15) is 9.50 Å². The Bertz CT molecular complexity index is 1950. The van der Waals surface area contributed by atoms with Gasteiger partial charge in [-0.25, -0.2) is 8.78 Å². The van der Waals surface area contributed by atoms with Crippen molar-refractivity contribution in [3.63, 3.8) is 0 Å². The van der Waals surface area contributed by atoms with Crippen LogP contribution in [0.3, 0.4) is 0 Å². The summed E-state index contributed by atoms with van der Waals surface area (Å²) in [4.78, 5) is 14.4. The largest absolute Gasteiger partial charge is 0.508 e. The number of nitrogens with one attached hydrogen (secondary N) is 1. The lowest BCUT2D eigenvalue weighted by Crippen LogP contribution is -2.60. The molecule has 4 aromatic rings. The van der Waals surface area contributed by atoms with Crippen LogP contribution in [0.1, 0.15) is 44.1 Å². The van der Waals surface area contributed by atoms with Gasteiger partial charge in [-0.2, -0.15) is 9.97 Å². The number of hydrogen-bond donors (Lipinski definition) is 2. The second-order valence-electron chi connectivity index (χ2n) is 13.8. The van der Waals surface area contributed by atoms with Crippen molar-refractivity contribution in [2.24, 2.45) is 5.41 Å². The second-order valence-corrected chi connectivity index (χ2v) is 13.8. The van der Waals surface area contributed by atoms with Gasteiger partial charge in [0.05, 0.1) is 23.6 Å². The van der Waals surface area contributed by atoms with E-state index in [0.717, 1.165) is 51.9 Å². The van der Waals surface area contributed by atoms with E-state index >= 15 is 4.39 Å². The van der Waals surface area contributed by atoms with E-state index in [2.05, 4.69) is 21.0 Å². The smallest absolute Gasteiger partial charge is 0.319 e. The van der Waals surface area contributed by atoms with Crippen LogP contribution in [0.25, 0.3) is 32.8 Å². The predicted octanol–water partition coefficient (Wildman–Crippen LogP) is 5.37. The molecule has 1 aliphatic carbocycles. The average molecular weight is 624 g/mol. The minimum atomic E-state index is -0.634. The second kappa shape index (κ2) is 10.4. The molecule has 5 aliphatic rings. The van der Waals surface area contributed by atoms with Gasteiger partial charge in [0.15, 0.2) is 5.82 Å². The third-order valence-corrected chi connectivity index (χ3v) is 10.8. The maximum absolute atomic E-state index is 17.1. The zero-order valence-electron chi connectivity index (χ0n) is 25.5. The molecular weight excluding hydrogens is 588 g/mol. The van der Waals surface area contributed by atoms with E-state index in [1.807, 2.05) is 0 Å².